The maximum atomic E-state index is 5.95. The fraction of sp³-hybridized carbons (Fsp3) is 0.269. The molecule has 3 aromatic carbocycles. The first-order valence-corrected chi connectivity index (χ1v) is 10.5. The third-order valence-corrected chi connectivity index (χ3v) is 5.34. The van der Waals surface area contributed by atoms with Gasteiger partial charge in [-0.15, -0.1) is 0 Å². The van der Waals surface area contributed by atoms with Crippen LogP contribution in [0.25, 0.3) is 11.0 Å². The average molecular weight is 385 g/mol. The van der Waals surface area contributed by atoms with E-state index in [0.717, 1.165) is 49.3 Å². The van der Waals surface area contributed by atoms with E-state index < -0.39 is 0 Å². The molecule has 0 bridgehead atoms. The SMILES string of the molecule is CCc1ccc(OCCCn2c(CCc3ccccc3)nc3ccccc32)cc1. The Morgan fingerprint density at radius 2 is 1.55 bits per heavy atom. The van der Waals surface area contributed by atoms with Gasteiger partial charge in [0.15, 0.2) is 0 Å². The lowest BCUT2D eigenvalue weighted by Crippen LogP contribution is -2.09. The number of nitrogens with zero attached hydrogens (tertiary/aromatic N) is 2. The second-order valence-corrected chi connectivity index (χ2v) is 7.35. The summed E-state index contributed by atoms with van der Waals surface area (Å²) in [7, 11) is 0. The zero-order chi connectivity index (χ0) is 19.9. The maximum Gasteiger partial charge on any atom is 0.119 e. The van der Waals surface area contributed by atoms with Crippen LogP contribution in [0, 0.1) is 0 Å². The quantitative estimate of drug-likeness (QED) is 0.338. The fourth-order valence-electron chi connectivity index (χ4n) is 3.70. The van der Waals surface area contributed by atoms with Crippen LogP contribution in [-0.4, -0.2) is 16.2 Å². The van der Waals surface area contributed by atoms with Crippen LogP contribution in [0.3, 0.4) is 0 Å². The number of rotatable bonds is 9. The van der Waals surface area contributed by atoms with Gasteiger partial charge in [-0.05, 0) is 54.7 Å². The third kappa shape index (κ3) is 4.86. The van der Waals surface area contributed by atoms with Gasteiger partial charge in [-0.25, -0.2) is 4.98 Å². The summed E-state index contributed by atoms with van der Waals surface area (Å²) >= 11 is 0. The lowest BCUT2D eigenvalue weighted by atomic mass is 10.1. The molecule has 0 radical (unpaired) electrons. The largest absolute Gasteiger partial charge is 0.494 e. The van der Waals surface area contributed by atoms with E-state index in [-0.39, 0.29) is 0 Å². The number of aromatic nitrogens is 2. The summed E-state index contributed by atoms with van der Waals surface area (Å²) in [6.07, 6.45) is 3.95. The van der Waals surface area contributed by atoms with Gasteiger partial charge in [0.25, 0.3) is 0 Å². The zero-order valence-electron chi connectivity index (χ0n) is 17.1. The third-order valence-electron chi connectivity index (χ3n) is 5.34. The first-order valence-electron chi connectivity index (χ1n) is 10.5. The molecule has 4 rings (SSSR count). The Labute approximate surface area is 173 Å². The van der Waals surface area contributed by atoms with Crippen molar-refractivity contribution in [3.8, 4) is 5.75 Å². The monoisotopic (exact) mass is 384 g/mol. The minimum Gasteiger partial charge on any atom is -0.494 e. The number of para-hydroxylation sites is 2. The average Bonchev–Trinajstić information content (AvgIpc) is 3.14. The highest BCUT2D eigenvalue weighted by molar-refractivity contribution is 5.75. The number of hydrogen-bond donors (Lipinski definition) is 0. The predicted octanol–water partition coefficient (Wildman–Crippen LogP) is 5.85. The van der Waals surface area contributed by atoms with E-state index in [1.807, 2.05) is 0 Å². The summed E-state index contributed by atoms with van der Waals surface area (Å²) in [4.78, 5) is 4.91. The summed E-state index contributed by atoms with van der Waals surface area (Å²) in [5.74, 6) is 2.10. The van der Waals surface area contributed by atoms with Gasteiger partial charge in [0.05, 0.1) is 17.6 Å². The van der Waals surface area contributed by atoms with Crippen molar-refractivity contribution >= 4 is 11.0 Å². The summed E-state index contributed by atoms with van der Waals surface area (Å²) in [6, 6.07) is 27.5. The van der Waals surface area contributed by atoms with Crippen molar-refractivity contribution in [3.05, 3.63) is 95.8 Å². The molecule has 0 unspecified atom stereocenters. The fourth-order valence-corrected chi connectivity index (χ4v) is 3.70. The van der Waals surface area contributed by atoms with E-state index in [1.165, 1.54) is 16.6 Å². The van der Waals surface area contributed by atoms with Crippen molar-refractivity contribution in [1.29, 1.82) is 0 Å². The standard InChI is InChI=1S/C26H28N2O/c1-2-21-13-16-23(17-14-21)29-20-8-19-28-25-12-7-6-11-24(25)27-26(28)18-15-22-9-4-3-5-10-22/h3-7,9-14,16-17H,2,8,15,18-20H2,1H3. The molecule has 0 spiro atoms. The Kier molecular flexibility index (Phi) is 6.25. The molecule has 1 heterocycles. The van der Waals surface area contributed by atoms with Gasteiger partial charge >= 0.3 is 0 Å². The minimum absolute atomic E-state index is 0.704. The molecule has 0 aliphatic heterocycles. The Morgan fingerprint density at radius 1 is 0.793 bits per heavy atom. The Bertz CT molecular complexity index is 1040. The molecule has 0 N–H and O–H groups in total. The van der Waals surface area contributed by atoms with Crippen molar-refractivity contribution in [3.63, 3.8) is 0 Å². The summed E-state index contributed by atoms with van der Waals surface area (Å²) in [5.41, 5.74) is 4.98. The van der Waals surface area contributed by atoms with Gasteiger partial charge in [0.1, 0.15) is 11.6 Å². The lowest BCUT2D eigenvalue weighted by Gasteiger charge is -2.11. The second kappa shape index (κ2) is 9.42. The molecule has 3 heteroatoms. The normalized spacial score (nSPS) is 11.1. The van der Waals surface area contributed by atoms with Crippen LogP contribution < -0.4 is 4.74 Å². The van der Waals surface area contributed by atoms with Crippen molar-refractivity contribution in [2.75, 3.05) is 6.61 Å². The number of aryl methyl sites for hydroxylation is 4. The molecule has 29 heavy (non-hydrogen) atoms. The molecule has 0 aliphatic carbocycles. The molecule has 0 fully saturated rings. The molecular formula is C26H28N2O. The van der Waals surface area contributed by atoms with Gasteiger partial charge in [-0.2, -0.15) is 0 Å². The van der Waals surface area contributed by atoms with Gasteiger partial charge in [-0.1, -0.05) is 61.5 Å². The molecule has 0 amide bonds. The number of imidazole rings is 1. The molecule has 0 saturated heterocycles. The lowest BCUT2D eigenvalue weighted by molar-refractivity contribution is 0.301. The van der Waals surface area contributed by atoms with E-state index in [4.69, 9.17) is 9.72 Å². The number of ether oxygens (including phenoxy) is 1. The van der Waals surface area contributed by atoms with E-state index in [2.05, 4.69) is 90.4 Å². The summed E-state index contributed by atoms with van der Waals surface area (Å²) in [5, 5.41) is 0. The van der Waals surface area contributed by atoms with Crippen molar-refractivity contribution in [1.82, 2.24) is 9.55 Å². The maximum absolute atomic E-state index is 5.95. The number of fused-ring (bicyclic) bond motifs is 1. The number of benzene rings is 3. The molecule has 0 saturated carbocycles. The first kappa shape index (κ1) is 19.3. The molecule has 1 aromatic heterocycles. The van der Waals surface area contributed by atoms with Gasteiger partial charge < -0.3 is 9.30 Å². The molecule has 0 atom stereocenters. The van der Waals surface area contributed by atoms with Crippen LogP contribution in [0.15, 0.2) is 78.9 Å². The predicted molar refractivity (Wildman–Crippen MR) is 120 cm³/mol. The van der Waals surface area contributed by atoms with Gasteiger partial charge in [0, 0.05) is 13.0 Å². The van der Waals surface area contributed by atoms with Gasteiger partial charge in [-0.3, -0.25) is 0 Å². The van der Waals surface area contributed by atoms with Crippen molar-refractivity contribution in [2.45, 2.75) is 39.2 Å². The van der Waals surface area contributed by atoms with Crippen molar-refractivity contribution in [2.24, 2.45) is 0 Å². The smallest absolute Gasteiger partial charge is 0.119 e. The highest BCUT2D eigenvalue weighted by Gasteiger charge is 2.10. The van der Waals surface area contributed by atoms with Gasteiger partial charge in [0.2, 0.25) is 0 Å². The molecule has 3 nitrogen and oxygen atoms in total. The molecular weight excluding hydrogens is 356 g/mol. The second-order valence-electron chi connectivity index (χ2n) is 7.35. The Morgan fingerprint density at radius 3 is 2.34 bits per heavy atom. The van der Waals surface area contributed by atoms with Crippen LogP contribution in [-0.2, 0) is 25.8 Å². The summed E-state index contributed by atoms with van der Waals surface area (Å²) in [6.45, 7) is 3.79. The van der Waals surface area contributed by atoms with Crippen molar-refractivity contribution < 1.29 is 4.74 Å². The van der Waals surface area contributed by atoms with Crippen LogP contribution >= 0.6 is 0 Å². The van der Waals surface area contributed by atoms with E-state index in [9.17, 15) is 0 Å². The Hall–Kier alpha value is -3.07. The Balaban J connectivity index is 1.41. The first-order chi connectivity index (χ1) is 14.3. The van der Waals surface area contributed by atoms with E-state index >= 15 is 0 Å². The number of hydrogen-bond acceptors (Lipinski definition) is 2. The topological polar surface area (TPSA) is 27.1 Å². The minimum atomic E-state index is 0.704. The van der Waals surface area contributed by atoms with Crippen LogP contribution in [0.5, 0.6) is 5.75 Å². The van der Waals surface area contributed by atoms with E-state index in [0.29, 0.717) is 6.61 Å². The van der Waals surface area contributed by atoms with Crippen LogP contribution in [0.1, 0.15) is 30.3 Å². The van der Waals surface area contributed by atoms with Crippen LogP contribution in [0.4, 0.5) is 0 Å². The molecule has 4 aromatic rings. The summed E-state index contributed by atoms with van der Waals surface area (Å²) < 4.78 is 8.31. The molecule has 148 valence electrons. The van der Waals surface area contributed by atoms with E-state index in [1.54, 1.807) is 0 Å². The molecule has 0 aliphatic rings. The zero-order valence-corrected chi connectivity index (χ0v) is 17.1. The highest BCUT2D eigenvalue weighted by atomic mass is 16.5. The highest BCUT2D eigenvalue weighted by Crippen LogP contribution is 2.19. The van der Waals surface area contributed by atoms with Crippen LogP contribution in [0.2, 0.25) is 0 Å².